The predicted molar refractivity (Wildman–Crippen MR) is 83.4 cm³/mol. The second-order valence-electron chi connectivity index (χ2n) is 6.64. The first kappa shape index (κ1) is 15.6. The van der Waals surface area contributed by atoms with Gasteiger partial charge in [0.1, 0.15) is 12.2 Å². The number of hydrogen-bond acceptors (Lipinski definition) is 5. The highest BCUT2D eigenvalue weighted by molar-refractivity contribution is 8.03. The Balaban J connectivity index is 1.61. The molecule has 0 aromatic carbocycles. The highest BCUT2D eigenvalue weighted by atomic mass is 32.2. The van der Waals surface area contributed by atoms with Crippen LogP contribution in [0.2, 0.25) is 0 Å². The molecule has 3 aliphatic heterocycles. The van der Waals surface area contributed by atoms with E-state index in [9.17, 15) is 19.8 Å². The molecule has 4 heterocycles. The molecule has 0 saturated carbocycles. The Labute approximate surface area is 142 Å². The third-order valence-corrected chi connectivity index (χ3v) is 6.57. The van der Waals surface area contributed by atoms with Crippen molar-refractivity contribution in [1.29, 1.82) is 0 Å². The van der Waals surface area contributed by atoms with E-state index >= 15 is 0 Å². The monoisotopic (exact) mass is 356 g/mol. The van der Waals surface area contributed by atoms with Crippen LogP contribution in [-0.4, -0.2) is 54.1 Å². The average Bonchev–Trinajstić information content (AvgIpc) is 3.12. The summed E-state index contributed by atoms with van der Waals surface area (Å²) >= 11 is 1.54. The maximum atomic E-state index is 12.3. The van der Waals surface area contributed by atoms with Crippen molar-refractivity contribution in [2.24, 2.45) is 11.8 Å². The van der Waals surface area contributed by atoms with Gasteiger partial charge in [-0.15, -0.1) is 11.8 Å². The van der Waals surface area contributed by atoms with E-state index in [1.807, 2.05) is 16.3 Å². The van der Waals surface area contributed by atoms with Crippen LogP contribution < -0.4 is 4.68 Å². The van der Waals surface area contributed by atoms with Crippen LogP contribution in [0, 0.1) is 11.8 Å². The standard InChI is InChI=1S/C15H18N4O4S/c1-7-11-10(8(2)20)14(21)19(11)12(15(22)23)13(7)24-9-3-17-5-16-6-18(17)4-9/h5-11,20H,3-4H2,1-2H3/p+1/t7-,8-,10-,11-/m1/s1/i5+1,6+1,16+1,17+1,18+1. The van der Waals surface area contributed by atoms with Crippen molar-refractivity contribution in [3.63, 3.8) is 0 Å². The van der Waals surface area contributed by atoms with Crippen molar-refractivity contribution in [3.8, 4) is 0 Å². The predicted octanol–water partition coefficient (Wildman–Crippen LogP) is -0.560. The van der Waals surface area contributed by atoms with Gasteiger partial charge in [-0.05, 0) is 11.9 Å². The van der Waals surface area contributed by atoms with Gasteiger partial charge in [-0.3, -0.25) is 4.79 Å². The van der Waals surface area contributed by atoms with Crippen LogP contribution in [-0.2, 0) is 22.7 Å². The second-order valence-corrected chi connectivity index (χ2v) is 7.98. The summed E-state index contributed by atoms with van der Waals surface area (Å²) in [6, 6.07) is -0.249. The van der Waals surface area contributed by atoms with E-state index in [0.29, 0.717) is 0 Å². The molecule has 8 nitrogen and oxygen atoms in total. The molecule has 3 aliphatic rings. The Morgan fingerprint density at radius 3 is 2.92 bits per heavy atom. The number of rotatable bonds is 4. The number of fused-ring (bicyclic) bond motifs is 2. The van der Waals surface area contributed by atoms with Gasteiger partial charge >= 0.3 is 12.3 Å². The lowest BCUT2D eigenvalue weighted by Gasteiger charge is -2.46. The molecule has 4 atom stereocenters. The second kappa shape index (κ2) is 5.32. The lowest BCUT2D eigenvalue weighted by atomic mass is 9.79. The minimum atomic E-state index is -1.07. The van der Waals surface area contributed by atoms with Gasteiger partial charge in [0.05, 0.1) is 29.9 Å². The first-order valence-electron chi connectivity index (χ1n) is 7.95. The number of carbonyl (C=O) groups excluding carboxylic acids is 1. The number of hydrogen-bond donors (Lipinski definition) is 2. The highest BCUT2D eigenvalue weighted by Crippen LogP contribution is 2.51. The Morgan fingerprint density at radius 2 is 2.29 bits per heavy atom. The van der Waals surface area contributed by atoms with Gasteiger partial charge in [0, 0.05) is 10.8 Å². The van der Waals surface area contributed by atoms with E-state index < -0.39 is 18.0 Å². The lowest BCUT2D eigenvalue weighted by molar-refractivity contribution is -0.758. The van der Waals surface area contributed by atoms with Gasteiger partial charge in [0.15, 0.2) is 0 Å². The van der Waals surface area contributed by atoms with Crippen LogP contribution in [0.5, 0.6) is 0 Å². The third kappa shape index (κ3) is 2.04. The highest BCUT2D eigenvalue weighted by Gasteiger charge is 2.60. The Kier molecular flexibility index (Phi) is 3.47. The maximum absolute atomic E-state index is 12.3. The molecule has 0 radical (unpaired) electrons. The third-order valence-electron chi connectivity index (χ3n) is 5.12. The van der Waals surface area contributed by atoms with Crippen LogP contribution >= 0.6 is 11.8 Å². The summed E-state index contributed by atoms with van der Waals surface area (Å²) in [5.74, 6) is -1.95. The number of aliphatic hydroxyl groups is 1. The van der Waals surface area contributed by atoms with Crippen molar-refractivity contribution in [2.75, 3.05) is 0 Å². The molecule has 0 bridgehead atoms. The van der Waals surface area contributed by atoms with Crippen LogP contribution in [0.3, 0.4) is 0 Å². The van der Waals surface area contributed by atoms with Crippen molar-refractivity contribution < 1.29 is 24.5 Å². The quantitative estimate of drug-likeness (QED) is 0.554. The normalized spacial score (nSPS) is 32.6. The van der Waals surface area contributed by atoms with Crippen molar-refractivity contribution in [1.82, 2.24) is 14.6 Å². The summed E-state index contributed by atoms with van der Waals surface area (Å²) < 4.78 is 3.99. The van der Waals surface area contributed by atoms with Gasteiger partial charge < -0.3 is 15.1 Å². The maximum Gasteiger partial charge on any atom is 0.353 e. The van der Waals surface area contributed by atoms with Crippen LogP contribution in [0.25, 0.3) is 0 Å². The molecule has 0 spiro atoms. The Hall–Kier alpha value is -1.87. The number of thioether (sulfide) groups is 1. The smallest absolute Gasteiger partial charge is 0.353 e. The fourth-order valence-electron chi connectivity index (χ4n) is 4.03. The van der Waals surface area contributed by atoms with E-state index in [4.69, 9.17) is 0 Å². The molecule has 1 aromatic rings. The van der Waals surface area contributed by atoms with Crippen LogP contribution in [0.15, 0.2) is 23.3 Å². The topological polar surface area (TPSA) is 99.5 Å². The molecule has 0 aliphatic carbocycles. The van der Waals surface area contributed by atoms with Gasteiger partial charge in [-0.25, -0.2) is 4.79 Å². The van der Waals surface area contributed by atoms with E-state index in [1.165, 1.54) is 16.7 Å². The number of carboxylic acid groups (broad SMARTS) is 1. The lowest BCUT2D eigenvalue weighted by Crippen LogP contribution is -2.63. The number of aliphatic hydroxyl groups excluding tert-OH is 1. The number of nitrogens with zero attached hydrogens (tertiary/aromatic N) is 4. The summed E-state index contributed by atoms with van der Waals surface area (Å²) in [7, 11) is 0. The number of aliphatic carboxylic acids is 1. The largest absolute Gasteiger partial charge is 0.477 e. The summed E-state index contributed by atoms with van der Waals surface area (Å²) in [6.45, 7) is 5.05. The molecule has 0 unspecified atom stereocenters. The first-order valence-corrected chi connectivity index (χ1v) is 8.83. The minimum Gasteiger partial charge on any atom is -0.477 e. The van der Waals surface area contributed by atoms with E-state index in [-0.39, 0.29) is 28.8 Å². The SMILES string of the molecule is C[C@@H](O)[C@H]1C(=O)N2C(C(=O)O)=C(SC3C[15n]4[13cH][15n][13cH][15n+]4C3)[C@H](C)[C@H]12. The molecule has 1 amide bonds. The molecule has 1 fully saturated rings. The first-order chi connectivity index (χ1) is 11.4. The van der Waals surface area contributed by atoms with Crippen molar-refractivity contribution in [2.45, 2.75) is 44.3 Å². The van der Waals surface area contributed by atoms with Crippen molar-refractivity contribution in [3.05, 3.63) is 23.3 Å². The summed E-state index contributed by atoms with van der Waals surface area (Å²) in [5, 5.41) is 19.7. The minimum absolute atomic E-state index is 0.0820. The molecule has 2 N–H and O–H groups in total. The molecule has 4 rings (SSSR count). The summed E-state index contributed by atoms with van der Waals surface area (Å²) in [4.78, 5) is 30.3. The number of aromatic nitrogens is 3. The fraction of sp³-hybridized carbons (Fsp3) is 0.600. The molecular formula is C15H19N4O4S+. The Morgan fingerprint density at radius 1 is 1.54 bits per heavy atom. The molecular weight excluding hydrogens is 337 g/mol. The number of amides is 1. The zero-order chi connectivity index (χ0) is 17.2. The number of carbonyl (C=O) groups is 2. The van der Waals surface area contributed by atoms with Gasteiger partial charge in [-0.2, -0.15) is 9.36 Å². The van der Waals surface area contributed by atoms with Gasteiger partial charge in [0.2, 0.25) is 12.2 Å². The van der Waals surface area contributed by atoms with Crippen LogP contribution in [0.4, 0.5) is 0 Å². The molecule has 24 heavy (non-hydrogen) atoms. The summed E-state index contributed by atoms with van der Waals surface area (Å²) in [6.07, 6.45) is 2.74. The Bertz CT molecular complexity index is 738. The number of β-lactam (4-membered cyclic amide) rings is 1. The zero-order valence-electron chi connectivity index (χ0n) is 13.4. The van der Waals surface area contributed by atoms with Crippen molar-refractivity contribution >= 4 is 23.6 Å². The molecule has 9 heteroatoms. The van der Waals surface area contributed by atoms with E-state index in [2.05, 4.69) is 4.98 Å². The average molecular weight is 356 g/mol. The fourth-order valence-corrected chi connectivity index (χ4v) is 5.49. The van der Waals surface area contributed by atoms with E-state index in [1.54, 1.807) is 19.6 Å². The molecule has 128 valence electrons. The summed E-state index contributed by atoms with van der Waals surface area (Å²) in [5.41, 5.74) is 0.0964. The number of carboxylic acids is 1. The van der Waals surface area contributed by atoms with Gasteiger partial charge in [-0.1, -0.05) is 6.92 Å². The zero-order valence-corrected chi connectivity index (χ0v) is 14.2. The molecule has 1 aromatic heterocycles. The van der Waals surface area contributed by atoms with Crippen LogP contribution in [0.1, 0.15) is 13.8 Å². The molecule has 1 saturated heterocycles. The van der Waals surface area contributed by atoms with Gasteiger partial charge in [0.25, 0.3) is 0 Å². The van der Waals surface area contributed by atoms with E-state index in [0.717, 1.165) is 18.0 Å².